The maximum Gasteiger partial charge on any atom is 0.303 e. The maximum atomic E-state index is 14.2. The van der Waals surface area contributed by atoms with Gasteiger partial charge in [0.25, 0.3) is 0 Å². The molecule has 0 aliphatic carbocycles. The largest absolute Gasteiger partial charge is 0.454 e. The van der Waals surface area contributed by atoms with Gasteiger partial charge in [-0.1, -0.05) is 17.7 Å². The van der Waals surface area contributed by atoms with E-state index in [2.05, 4.69) is 0 Å². The van der Waals surface area contributed by atoms with Gasteiger partial charge in [-0.15, -0.1) is 0 Å². The van der Waals surface area contributed by atoms with Crippen molar-refractivity contribution in [1.29, 1.82) is 0 Å². The molecule has 0 bridgehead atoms. The fourth-order valence-electron chi connectivity index (χ4n) is 5.26. The minimum Gasteiger partial charge on any atom is -0.454 e. The van der Waals surface area contributed by atoms with Crippen molar-refractivity contribution in [2.45, 2.75) is 94.8 Å². The number of fused-ring (bicyclic) bond motifs is 1. The average Bonchev–Trinajstić information content (AvgIpc) is 2.95. The fraction of sp³-hybridized carbons (Fsp3) is 0.643. The fourth-order valence-corrected chi connectivity index (χ4v) is 6.80. The number of rotatable bonds is 12. The van der Waals surface area contributed by atoms with Crippen molar-refractivity contribution in [2.24, 2.45) is 0 Å². The van der Waals surface area contributed by atoms with Gasteiger partial charge >= 0.3 is 17.9 Å². The summed E-state index contributed by atoms with van der Waals surface area (Å²) in [5, 5.41) is 0. The first-order valence-corrected chi connectivity index (χ1v) is 15.1. The molecule has 0 spiro atoms. The SMILES string of the molecule is CO[C@H]1O[C@@H]2CN(S(=O)(=O)c3ccc(C)cc3)[C@H]([C@H](OC(C)=O)[C@H](OC(C)=O)[C@@H](OC(C)=O)C(C)=O)O[C@@H]2[C@H](OC)[C@H]1OC. The summed E-state index contributed by atoms with van der Waals surface area (Å²) in [7, 11) is -0.299. The summed E-state index contributed by atoms with van der Waals surface area (Å²) >= 11 is 0. The molecule has 0 N–H and O–H groups in total. The highest BCUT2D eigenvalue weighted by Crippen LogP contribution is 2.37. The number of ether oxygens (including phenoxy) is 8. The van der Waals surface area contributed by atoms with Crippen LogP contribution in [-0.2, 0) is 67.1 Å². The molecular formula is C28H39NO14S. The summed E-state index contributed by atoms with van der Waals surface area (Å²) < 4.78 is 74.6. The van der Waals surface area contributed by atoms with Crippen LogP contribution < -0.4 is 0 Å². The summed E-state index contributed by atoms with van der Waals surface area (Å²) in [5.74, 6) is -3.56. The summed E-state index contributed by atoms with van der Waals surface area (Å²) in [6.07, 6.45) is -12.0. The second-order valence-electron chi connectivity index (χ2n) is 10.3. The van der Waals surface area contributed by atoms with Crippen LogP contribution in [0.3, 0.4) is 0 Å². The molecule has 2 aliphatic heterocycles. The number of aryl methyl sites for hydroxylation is 1. The van der Waals surface area contributed by atoms with Crippen molar-refractivity contribution >= 4 is 33.7 Å². The molecule has 0 saturated carbocycles. The lowest BCUT2D eigenvalue weighted by molar-refractivity contribution is -0.340. The third-order valence-corrected chi connectivity index (χ3v) is 8.98. The predicted molar refractivity (Wildman–Crippen MR) is 148 cm³/mol. The van der Waals surface area contributed by atoms with Crippen molar-refractivity contribution in [3.63, 3.8) is 0 Å². The Hall–Kier alpha value is -2.99. The van der Waals surface area contributed by atoms with Gasteiger partial charge in [-0.05, 0) is 26.0 Å². The molecule has 246 valence electrons. The number of sulfonamides is 1. The van der Waals surface area contributed by atoms with Gasteiger partial charge in [-0.3, -0.25) is 19.2 Å². The third-order valence-electron chi connectivity index (χ3n) is 7.14. The van der Waals surface area contributed by atoms with Crippen LogP contribution in [0.4, 0.5) is 0 Å². The molecular weight excluding hydrogens is 606 g/mol. The molecule has 3 rings (SSSR count). The Morgan fingerprint density at radius 2 is 1.39 bits per heavy atom. The van der Waals surface area contributed by atoms with Gasteiger partial charge in [0.15, 0.2) is 36.6 Å². The summed E-state index contributed by atoms with van der Waals surface area (Å²) in [5.41, 5.74) is 0.793. The van der Waals surface area contributed by atoms with E-state index in [1.165, 1.54) is 33.5 Å². The molecule has 1 aromatic rings. The van der Waals surface area contributed by atoms with Crippen molar-refractivity contribution in [1.82, 2.24) is 4.31 Å². The van der Waals surface area contributed by atoms with Gasteiger partial charge < -0.3 is 37.9 Å². The molecule has 16 heteroatoms. The van der Waals surface area contributed by atoms with Crippen LogP contribution in [0.15, 0.2) is 29.2 Å². The van der Waals surface area contributed by atoms with Crippen LogP contribution in [0, 0.1) is 6.92 Å². The lowest BCUT2D eigenvalue weighted by Gasteiger charge is -2.52. The molecule has 0 unspecified atom stereocenters. The van der Waals surface area contributed by atoms with E-state index >= 15 is 0 Å². The van der Waals surface area contributed by atoms with Gasteiger partial charge in [0.2, 0.25) is 10.0 Å². The first-order valence-electron chi connectivity index (χ1n) is 13.7. The number of esters is 3. The lowest BCUT2D eigenvalue weighted by Crippen LogP contribution is -2.71. The molecule has 2 heterocycles. The first-order chi connectivity index (χ1) is 20.7. The molecule has 2 aliphatic rings. The highest BCUT2D eigenvalue weighted by Gasteiger charge is 2.58. The molecule has 15 nitrogen and oxygen atoms in total. The zero-order valence-electron chi connectivity index (χ0n) is 25.8. The summed E-state index contributed by atoms with van der Waals surface area (Å²) in [6.45, 7) is 5.54. The van der Waals surface area contributed by atoms with Crippen molar-refractivity contribution in [3.05, 3.63) is 29.8 Å². The Bertz CT molecular complexity index is 1300. The Kier molecular flexibility index (Phi) is 12.0. The number of benzene rings is 1. The van der Waals surface area contributed by atoms with Gasteiger partial charge in [-0.25, -0.2) is 8.42 Å². The smallest absolute Gasteiger partial charge is 0.303 e. The summed E-state index contributed by atoms with van der Waals surface area (Å²) in [6, 6.07) is 5.95. The number of nitrogens with zero attached hydrogens (tertiary/aromatic N) is 1. The number of carbonyl (C=O) groups excluding carboxylic acids is 4. The monoisotopic (exact) mass is 645 g/mol. The van der Waals surface area contributed by atoms with Crippen molar-refractivity contribution in [3.8, 4) is 0 Å². The predicted octanol–water partition coefficient (Wildman–Crippen LogP) is 0.496. The molecule has 0 aromatic heterocycles. The number of Topliss-reactive ketones (excluding diaryl/α,β-unsaturated/α-hetero) is 1. The molecule has 0 radical (unpaired) electrons. The van der Waals surface area contributed by atoms with Crippen LogP contribution in [0.5, 0.6) is 0 Å². The minimum atomic E-state index is -4.47. The van der Waals surface area contributed by atoms with E-state index in [0.29, 0.717) is 0 Å². The lowest BCUT2D eigenvalue weighted by atomic mass is 9.95. The Balaban J connectivity index is 2.25. The standard InChI is InChI=1S/C28H39NO14S/c1-14-9-11-19(12-10-14)44(34,35)29-13-20-22(23(36-6)26(37-7)28(38-8)42-20)43-27(29)25(41-18(5)33)24(40-17(4)32)21(15(2)30)39-16(3)31/h9-12,20-28H,13H2,1-8H3/t20-,21+,22+,23+,24-,25-,26-,27+,28+/m1/s1. The van der Waals surface area contributed by atoms with E-state index < -0.39 is 89.0 Å². The van der Waals surface area contributed by atoms with Crippen LogP contribution >= 0.6 is 0 Å². The van der Waals surface area contributed by atoms with E-state index in [1.807, 2.05) is 0 Å². The first kappa shape index (κ1) is 35.5. The van der Waals surface area contributed by atoms with Gasteiger partial charge in [0.1, 0.15) is 24.4 Å². The van der Waals surface area contributed by atoms with E-state index in [0.717, 1.165) is 37.6 Å². The van der Waals surface area contributed by atoms with Crippen molar-refractivity contribution < 1.29 is 65.5 Å². The van der Waals surface area contributed by atoms with E-state index in [1.54, 1.807) is 19.1 Å². The third kappa shape index (κ3) is 7.80. The number of hydrogen-bond acceptors (Lipinski definition) is 14. The number of methoxy groups -OCH3 is 3. The van der Waals surface area contributed by atoms with E-state index in [-0.39, 0.29) is 11.4 Å². The van der Waals surface area contributed by atoms with Crippen LogP contribution in [0.1, 0.15) is 33.3 Å². The van der Waals surface area contributed by atoms with Gasteiger partial charge in [0.05, 0.1) is 4.90 Å². The zero-order valence-corrected chi connectivity index (χ0v) is 26.6. The molecule has 9 atom stereocenters. The zero-order chi connectivity index (χ0) is 32.9. The Morgan fingerprint density at radius 3 is 1.86 bits per heavy atom. The second-order valence-corrected chi connectivity index (χ2v) is 12.2. The normalized spacial score (nSPS) is 27.7. The van der Waals surface area contributed by atoms with Crippen LogP contribution in [-0.4, -0.2) is 120 Å². The summed E-state index contributed by atoms with van der Waals surface area (Å²) in [4.78, 5) is 49.4. The quantitative estimate of drug-likeness (QED) is 0.226. The van der Waals surface area contributed by atoms with Crippen LogP contribution in [0.25, 0.3) is 0 Å². The number of hydrogen-bond donors (Lipinski definition) is 0. The van der Waals surface area contributed by atoms with Crippen molar-refractivity contribution in [2.75, 3.05) is 27.9 Å². The molecule has 2 fully saturated rings. The number of ketones is 1. The van der Waals surface area contributed by atoms with Gasteiger partial charge in [-0.2, -0.15) is 4.31 Å². The molecule has 2 saturated heterocycles. The van der Waals surface area contributed by atoms with Gasteiger partial charge in [0, 0.05) is 48.6 Å². The molecule has 0 amide bonds. The topological polar surface area (TPSA) is 180 Å². The maximum absolute atomic E-state index is 14.2. The highest BCUT2D eigenvalue weighted by molar-refractivity contribution is 7.89. The Morgan fingerprint density at radius 1 is 0.818 bits per heavy atom. The van der Waals surface area contributed by atoms with E-state index in [9.17, 15) is 27.6 Å². The molecule has 44 heavy (non-hydrogen) atoms. The van der Waals surface area contributed by atoms with E-state index in [4.69, 9.17) is 37.9 Å². The average molecular weight is 646 g/mol. The van der Waals surface area contributed by atoms with Crippen LogP contribution in [0.2, 0.25) is 0 Å². The Labute approximate surface area is 256 Å². The number of carbonyl (C=O) groups is 4. The second kappa shape index (κ2) is 14.9. The minimum absolute atomic E-state index is 0.138. The highest BCUT2D eigenvalue weighted by atomic mass is 32.2. The molecule has 1 aromatic carbocycles.